The van der Waals surface area contributed by atoms with E-state index in [1.165, 1.54) is 33.4 Å². The lowest BCUT2D eigenvalue weighted by atomic mass is 10.1. The maximum atomic E-state index is 11.8. The van der Waals surface area contributed by atoms with Crippen molar-refractivity contribution in [3.05, 3.63) is 89.9 Å². The van der Waals surface area contributed by atoms with Crippen LogP contribution in [0, 0.1) is 0 Å². The van der Waals surface area contributed by atoms with Gasteiger partial charge in [-0.2, -0.15) is 5.10 Å². The number of hydrogen-bond acceptors (Lipinski definition) is 5. The van der Waals surface area contributed by atoms with Gasteiger partial charge in [0.2, 0.25) is 0 Å². The van der Waals surface area contributed by atoms with Gasteiger partial charge in [-0.05, 0) is 29.3 Å². The zero-order valence-electron chi connectivity index (χ0n) is 14.7. The van der Waals surface area contributed by atoms with Gasteiger partial charge in [0.1, 0.15) is 11.3 Å². The maximum Gasteiger partial charge on any atom is 0.348 e. The molecule has 0 saturated heterocycles. The molecule has 0 atom stereocenters. The van der Waals surface area contributed by atoms with E-state index in [1.807, 2.05) is 24.3 Å². The molecule has 0 unspecified atom stereocenters. The second-order valence-corrected chi connectivity index (χ2v) is 7.35. The van der Waals surface area contributed by atoms with Gasteiger partial charge in [-0.25, -0.2) is 14.5 Å². The molecule has 0 radical (unpaired) electrons. The highest BCUT2D eigenvalue weighted by Crippen LogP contribution is 2.33. The summed E-state index contributed by atoms with van der Waals surface area (Å²) in [4.78, 5) is 16.2. The topological polar surface area (TPSA) is 75.6 Å². The second-order valence-electron chi connectivity index (χ2n) is 6.28. The minimum atomic E-state index is -0.259. The van der Waals surface area contributed by atoms with Crippen molar-refractivity contribution < 1.29 is 0 Å². The summed E-state index contributed by atoms with van der Waals surface area (Å²) < 4.78 is 2.48. The third-order valence-corrected chi connectivity index (χ3v) is 5.56. The van der Waals surface area contributed by atoms with E-state index in [4.69, 9.17) is 0 Å². The Kier molecular flexibility index (Phi) is 3.99. The molecule has 0 bridgehead atoms. The summed E-state index contributed by atoms with van der Waals surface area (Å²) in [5.74, 6) is 0. The monoisotopic (exact) mass is 385 g/mol. The fourth-order valence-corrected chi connectivity index (χ4v) is 4.13. The Morgan fingerprint density at radius 3 is 2.50 bits per heavy atom. The maximum absolute atomic E-state index is 11.8. The molecular weight excluding hydrogens is 370 g/mol. The Morgan fingerprint density at radius 2 is 1.75 bits per heavy atom. The van der Waals surface area contributed by atoms with Gasteiger partial charge in [0.15, 0.2) is 0 Å². The predicted octanol–water partition coefficient (Wildman–Crippen LogP) is 4.58. The molecule has 3 heterocycles. The normalized spacial score (nSPS) is 11.0. The van der Waals surface area contributed by atoms with Gasteiger partial charge < -0.3 is 5.32 Å². The smallest absolute Gasteiger partial charge is 0.348 e. The molecule has 0 aliphatic carbocycles. The zero-order chi connectivity index (χ0) is 18.9. The van der Waals surface area contributed by atoms with E-state index in [9.17, 15) is 4.79 Å². The third kappa shape index (κ3) is 2.97. The highest BCUT2D eigenvalue weighted by atomic mass is 32.1. The van der Waals surface area contributed by atoms with Crippen molar-refractivity contribution in [1.29, 1.82) is 0 Å². The van der Waals surface area contributed by atoms with Gasteiger partial charge in [0, 0.05) is 17.3 Å². The molecule has 0 saturated carbocycles. The molecule has 28 heavy (non-hydrogen) atoms. The fraction of sp³-hybridized carbons (Fsp3) is 0. The van der Waals surface area contributed by atoms with Crippen LogP contribution >= 0.6 is 11.3 Å². The first-order valence-electron chi connectivity index (χ1n) is 8.70. The number of pyridine rings is 1. The SMILES string of the molecule is O=c1[nH]ncn1-c1cc2c(Nc3ccc(-c4ccccc4)cc3)cncc2s1. The zero-order valence-corrected chi connectivity index (χ0v) is 15.5. The van der Waals surface area contributed by atoms with Crippen LogP contribution in [0.4, 0.5) is 11.4 Å². The Morgan fingerprint density at radius 1 is 0.964 bits per heavy atom. The summed E-state index contributed by atoms with van der Waals surface area (Å²) in [6.07, 6.45) is 5.08. The van der Waals surface area contributed by atoms with Crippen LogP contribution in [-0.2, 0) is 0 Å². The number of nitrogens with one attached hydrogen (secondary N) is 2. The van der Waals surface area contributed by atoms with Crippen molar-refractivity contribution in [2.75, 3.05) is 5.32 Å². The van der Waals surface area contributed by atoms with Crippen molar-refractivity contribution in [2.24, 2.45) is 0 Å². The first-order chi connectivity index (χ1) is 13.8. The van der Waals surface area contributed by atoms with Crippen LogP contribution in [0.2, 0.25) is 0 Å². The Labute approximate surface area is 164 Å². The van der Waals surface area contributed by atoms with Gasteiger partial charge in [-0.15, -0.1) is 11.3 Å². The number of fused-ring (bicyclic) bond motifs is 1. The van der Waals surface area contributed by atoms with Crippen LogP contribution in [0.5, 0.6) is 0 Å². The Balaban J connectivity index is 1.47. The number of thiophene rings is 1. The van der Waals surface area contributed by atoms with Crippen molar-refractivity contribution in [2.45, 2.75) is 0 Å². The molecule has 0 fully saturated rings. The number of aromatic nitrogens is 4. The summed E-state index contributed by atoms with van der Waals surface area (Å²) in [6, 6.07) is 20.5. The summed E-state index contributed by atoms with van der Waals surface area (Å²) in [6.45, 7) is 0. The van der Waals surface area contributed by atoms with E-state index in [1.54, 1.807) is 12.4 Å². The lowest BCUT2D eigenvalue weighted by molar-refractivity contribution is 1.00. The van der Waals surface area contributed by atoms with Crippen LogP contribution in [0.3, 0.4) is 0 Å². The van der Waals surface area contributed by atoms with Gasteiger partial charge in [-0.1, -0.05) is 42.5 Å². The van der Waals surface area contributed by atoms with E-state index in [2.05, 4.69) is 56.9 Å². The molecule has 3 aromatic heterocycles. The summed E-state index contributed by atoms with van der Waals surface area (Å²) in [7, 11) is 0. The van der Waals surface area contributed by atoms with Crippen LogP contribution in [0.25, 0.3) is 26.2 Å². The molecule has 7 heteroatoms. The molecule has 2 aromatic carbocycles. The average Bonchev–Trinajstić information content (AvgIpc) is 3.35. The average molecular weight is 385 g/mol. The number of rotatable bonds is 4. The molecule has 0 aliphatic heterocycles. The van der Waals surface area contributed by atoms with Crippen molar-refractivity contribution in [3.63, 3.8) is 0 Å². The lowest BCUT2D eigenvalue weighted by Gasteiger charge is -2.08. The molecule has 0 amide bonds. The number of aromatic amines is 1. The molecule has 0 spiro atoms. The van der Waals surface area contributed by atoms with E-state index in [-0.39, 0.29) is 5.69 Å². The van der Waals surface area contributed by atoms with Crippen LogP contribution in [0.1, 0.15) is 0 Å². The van der Waals surface area contributed by atoms with E-state index in [0.29, 0.717) is 0 Å². The van der Waals surface area contributed by atoms with E-state index < -0.39 is 0 Å². The molecule has 6 nitrogen and oxygen atoms in total. The van der Waals surface area contributed by atoms with Gasteiger partial charge in [-0.3, -0.25) is 4.98 Å². The molecule has 0 aliphatic rings. The summed E-state index contributed by atoms with van der Waals surface area (Å²) >= 11 is 1.49. The van der Waals surface area contributed by atoms with Crippen LogP contribution < -0.4 is 11.0 Å². The quantitative estimate of drug-likeness (QED) is 0.475. The number of anilines is 2. The van der Waals surface area contributed by atoms with Gasteiger partial charge in [0.25, 0.3) is 0 Å². The first kappa shape index (κ1) is 16.5. The highest BCUT2D eigenvalue weighted by molar-refractivity contribution is 7.21. The minimum absolute atomic E-state index is 0.259. The number of H-pyrrole nitrogens is 1. The van der Waals surface area contributed by atoms with Crippen molar-refractivity contribution in [1.82, 2.24) is 19.7 Å². The van der Waals surface area contributed by atoms with Gasteiger partial charge in [0.05, 0.1) is 16.6 Å². The van der Waals surface area contributed by atoms with E-state index in [0.717, 1.165) is 26.5 Å². The highest BCUT2D eigenvalue weighted by Gasteiger charge is 2.10. The minimum Gasteiger partial charge on any atom is -0.354 e. The summed E-state index contributed by atoms with van der Waals surface area (Å²) in [5.41, 5.74) is 3.96. The van der Waals surface area contributed by atoms with E-state index >= 15 is 0 Å². The lowest BCUT2D eigenvalue weighted by Crippen LogP contribution is -2.12. The van der Waals surface area contributed by atoms with Crippen LogP contribution in [0.15, 0.2) is 84.2 Å². The Bertz CT molecular complexity index is 1300. The van der Waals surface area contributed by atoms with Gasteiger partial charge >= 0.3 is 5.69 Å². The molecule has 5 rings (SSSR count). The molecule has 5 aromatic rings. The first-order valence-corrected chi connectivity index (χ1v) is 9.52. The second kappa shape index (κ2) is 6.79. The predicted molar refractivity (Wildman–Crippen MR) is 113 cm³/mol. The number of nitrogens with zero attached hydrogens (tertiary/aromatic N) is 3. The standard InChI is InChI=1S/C21H15N5OS/c27-21-25-23-13-26(21)20-10-17-18(11-22-12-19(17)28-20)24-16-8-6-15(7-9-16)14-4-2-1-3-5-14/h1-13,24H,(H,25,27). The largest absolute Gasteiger partial charge is 0.354 e. The van der Waals surface area contributed by atoms with Crippen molar-refractivity contribution in [3.8, 4) is 16.1 Å². The van der Waals surface area contributed by atoms with Crippen LogP contribution in [-0.4, -0.2) is 19.7 Å². The van der Waals surface area contributed by atoms with Crippen molar-refractivity contribution >= 4 is 32.8 Å². The number of benzene rings is 2. The summed E-state index contributed by atoms with van der Waals surface area (Å²) in [5, 5.41) is 11.4. The fourth-order valence-electron chi connectivity index (χ4n) is 3.10. The third-order valence-electron chi connectivity index (χ3n) is 4.49. The number of hydrogen-bond donors (Lipinski definition) is 2. The Hall–Kier alpha value is -3.71. The molecular formula is C21H15N5OS. The molecule has 136 valence electrons. The molecule has 2 N–H and O–H groups in total.